The minimum Gasteiger partial charge on any atom is -0.493 e. The molecule has 11 heteroatoms. The monoisotopic (exact) mass is 489 g/mol. The average molecular weight is 490 g/mol. The number of nitrogens with zero attached hydrogens (tertiary/aromatic N) is 1. The van der Waals surface area contributed by atoms with Gasteiger partial charge >= 0.3 is 5.97 Å². The molecule has 0 bridgehead atoms. The number of ether oxygens (including phenoxy) is 4. The first-order chi connectivity index (χ1) is 15.7. The highest BCUT2D eigenvalue weighted by atomic mass is 32.1. The van der Waals surface area contributed by atoms with Crippen LogP contribution in [0.4, 0.5) is 5.13 Å². The van der Waals surface area contributed by atoms with Crippen LogP contribution < -0.4 is 24.8 Å². The molecule has 3 aromatic rings. The standard InChI is InChI=1S/C22H23N3O6S2/c1-11(2)31-20(27)12-6-7-14-17(10-12)33-22(23-14)25-21(32)24-19(26)13-8-15(28-3)18(30-5)16(9-13)29-4/h6-11H,1-5H3,(H2,23,24,25,26,32). The molecule has 0 fully saturated rings. The molecule has 0 spiro atoms. The topological polar surface area (TPSA) is 108 Å². The summed E-state index contributed by atoms with van der Waals surface area (Å²) in [7, 11) is 4.41. The number of rotatable bonds is 7. The van der Waals surface area contributed by atoms with Gasteiger partial charge in [-0.15, -0.1) is 0 Å². The first-order valence-corrected chi connectivity index (χ1v) is 11.0. The van der Waals surface area contributed by atoms with Gasteiger partial charge in [-0.05, 0) is 56.4 Å². The van der Waals surface area contributed by atoms with Crippen LogP contribution in [-0.4, -0.2) is 49.4 Å². The highest BCUT2D eigenvalue weighted by molar-refractivity contribution is 7.80. The largest absolute Gasteiger partial charge is 0.493 e. The first kappa shape index (κ1) is 24.2. The molecule has 0 saturated carbocycles. The lowest BCUT2D eigenvalue weighted by molar-refractivity contribution is 0.0378. The Morgan fingerprint density at radius 1 is 1.00 bits per heavy atom. The number of thiazole rings is 1. The van der Waals surface area contributed by atoms with E-state index >= 15 is 0 Å². The van der Waals surface area contributed by atoms with Crippen molar-refractivity contribution in [3.8, 4) is 17.2 Å². The van der Waals surface area contributed by atoms with E-state index in [0.29, 0.717) is 33.5 Å². The minimum atomic E-state index is -0.466. The molecule has 0 saturated heterocycles. The summed E-state index contributed by atoms with van der Waals surface area (Å²) in [5, 5.41) is 6.03. The Morgan fingerprint density at radius 3 is 2.24 bits per heavy atom. The summed E-state index contributed by atoms with van der Waals surface area (Å²) in [5.41, 5.74) is 1.39. The lowest BCUT2D eigenvalue weighted by Gasteiger charge is -2.14. The predicted octanol–water partition coefficient (Wildman–Crippen LogP) is 4.01. The van der Waals surface area contributed by atoms with Crippen LogP contribution in [-0.2, 0) is 4.74 Å². The minimum absolute atomic E-state index is 0.0623. The van der Waals surface area contributed by atoms with Crippen molar-refractivity contribution in [3.63, 3.8) is 0 Å². The van der Waals surface area contributed by atoms with Gasteiger partial charge in [0.05, 0.1) is 43.2 Å². The van der Waals surface area contributed by atoms with Crippen molar-refractivity contribution in [1.29, 1.82) is 0 Å². The highest BCUT2D eigenvalue weighted by Crippen LogP contribution is 2.38. The lowest BCUT2D eigenvalue weighted by Crippen LogP contribution is -2.34. The van der Waals surface area contributed by atoms with Gasteiger partial charge in [0.15, 0.2) is 21.7 Å². The molecular weight excluding hydrogens is 466 g/mol. The van der Waals surface area contributed by atoms with Crippen LogP contribution in [0.1, 0.15) is 34.6 Å². The van der Waals surface area contributed by atoms with E-state index in [-0.39, 0.29) is 16.8 Å². The molecule has 9 nitrogen and oxygen atoms in total. The Kier molecular flexibility index (Phi) is 7.67. The van der Waals surface area contributed by atoms with E-state index in [0.717, 1.165) is 4.70 Å². The Morgan fingerprint density at radius 2 is 1.67 bits per heavy atom. The normalized spacial score (nSPS) is 10.6. The zero-order valence-electron chi connectivity index (χ0n) is 18.7. The molecule has 0 aliphatic heterocycles. The molecule has 2 N–H and O–H groups in total. The van der Waals surface area contributed by atoms with Crippen molar-refractivity contribution >= 4 is 55.9 Å². The lowest BCUT2D eigenvalue weighted by atomic mass is 10.1. The second-order valence-electron chi connectivity index (χ2n) is 6.98. The summed E-state index contributed by atoms with van der Waals surface area (Å²) >= 11 is 6.56. The molecule has 0 radical (unpaired) electrons. The average Bonchev–Trinajstić information content (AvgIpc) is 3.18. The number of thiocarbonyl (C=S) groups is 1. The molecule has 0 aliphatic carbocycles. The van der Waals surface area contributed by atoms with Crippen LogP contribution >= 0.6 is 23.6 Å². The van der Waals surface area contributed by atoms with Crippen molar-refractivity contribution in [3.05, 3.63) is 41.5 Å². The summed E-state index contributed by atoms with van der Waals surface area (Å²) < 4.78 is 21.8. The molecule has 33 heavy (non-hydrogen) atoms. The van der Waals surface area contributed by atoms with Crippen LogP contribution in [0.3, 0.4) is 0 Å². The van der Waals surface area contributed by atoms with Crippen molar-refractivity contribution in [2.75, 3.05) is 26.6 Å². The van der Waals surface area contributed by atoms with Crippen LogP contribution in [0, 0.1) is 0 Å². The number of hydrogen-bond acceptors (Lipinski definition) is 9. The Balaban J connectivity index is 1.73. The molecule has 2 aromatic carbocycles. The van der Waals surface area contributed by atoms with E-state index in [1.807, 2.05) is 0 Å². The maximum absolute atomic E-state index is 12.7. The second-order valence-corrected chi connectivity index (χ2v) is 8.42. The highest BCUT2D eigenvalue weighted by Gasteiger charge is 2.18. The summed E-state index contributed by atoms with van der Waals surface area (Å²) in [5.74, 6) is 0.204. The number of benzene rings is 2. The van der Waals surface area contributed by atoms with Crippen LogP contribution in [0.2, 0.25) is 0 Å². The maximum Gasteiger partial charge on any atom is 0.338 e. The van der Waals surface area contributed by atoms with E-state index in [9.17, 15) is 9.59 Å². The fourth-order valence-electron chi connectivity index (χ4n) is 2.90. The molecule has 3 rings (SSSR count). The third-order valence-corrected chi connectivity index (χ3v) is 5.48. The molecule has 1 amide bonds. The third kappa shape index (κ3) is 5.68. The van der Waals surface area contributed by atoms with Gasteiger partial charge in [-0.2, -0.15) is 0 Å². The summed E-state index contributed by atoms with van der Waals surface area (Å²) in [6, 6.07) is 8.14. The molecule has 0 aliphatic rings. The van der Waals surface area contributed by atoms with Gasteiger partial charge in [-0.3, -0.25) is 10.1 Å². The van der Waals surface area contributed by atoms with Gasteiger partial charge in [0.2, 0.25) is 5.75 Å². The van der Waals surface area contributed by atoms with E-state index in [1.54, 1.807) is 32.0 Å². The summed E-state index contributed by atoms with van der Waals surface area (Å²) in [4.78, 5) is 29.3. The van der Waals surface area contributed by atoms with E-state index in [1.165, 1.54) is 44.8 Å². The predicted molar refractivity (Wildman–Crippen MR) is 130 cm³/mol. The van der Waals surface area contributed by atoms with Crippen LogP contribution in [0.25, 0.3) is 10.2 Å². The van der Waals surface area contributed by atoms with Crippen molar-refractivity contribution in [2.24, 2.45) is 0 Å². The number of anilines is 1. The third-order valence-electron chi connectivity index (χ3n) is 4.34. The van der Waals surface area contributed by atoms with Crippen LogP contribution in [0.5, 0.6) is 17.2 Å². The van der Waals surface area contributed by atoms with Gasteiger partial charge in [-0.1, -0.05) is 11.3 Å². The quantitative estimate of drug-likeness (QED) is 0.376. The number of amides is 1. The van der Waals surface area contributed by atoms with Gasteiger partial charge in [0, 0.05) is 5.56 Å². The number of aromatic nitrogens is 1. The molecule has 0 atom stereocenters. The van der Waals surface area contributed by atoms with Gasteiger partial charge in [0.25, 0.3) is 5.91 Å². The number of esters is 1. The zero-order chi connectivity index (χ0) is 24.1. The van der Waals surface area contributed by atoms with E-state index in [4.69, 9.17) is 31.2 Å². The molecule has 1 heterocycles. The molecule has 174 valence electrons. The Bertz CT molecular complexity index is 1180. The fourth-order valence-corrected chi connectivity index (χ4v) is 4.07. The Labute approximate surface area is 200 Å². The summed E-state index contributed by atoms with van der Waals surface area (Å²) in [6.45, 7) is 3.58. The van der Waals surface area contributed by atoms with E-state index < -0.39 is 11.9 Å². The fraction of sp³-hybridized carbons (Fsp3) is 0.273. The number of nitrogens with one attached hydrogen (secondary N) is 2. The van der Waals surface area contributed by atoms with Crippen LogP contribution in [0.15, 0.2) is 30.3 Å². The van der Waals surface area contributed by atoms with E-state index in [2.05, 4.69) is 15.6 Å². The van der Waals surface area contributed by atoms with Gasteiger partial charge < -0.3 is 24.3 Å². The maximum atomic E-state index is 12.7. The smallest absolute Gasteiger partial charge is 0.338 e. The molecule has 0 unspecified atom stereocenters. The number of fused-ring (bicyclic) bond motifs is 1. The number of hydrogen-bond donors (Lipinski definition) is 2. The second kappa shape index (κ2) is 10.5. The summed E-state index contributed by atoms with van der Waals surface area (Å²) in [6.07, 6.45) is -0.210. The SMILES string of the molecule is COc1cc(C(=O)NC(=S)Nc2nc3ccc(C(=O)OC(C)C)cc3s2)cc(OC)c1OC. The van der Waals surface area contributed by atoms with Crippen molar-refractivity contribution in [2.45, 2.75) is 20.0 Å². The first-order valence-electron chi connectivity index (χ1n) is 9.79. The molecular formula is C22H23N3O6S2. The number of carbonyl (C=O) groups excluding carboxylic acids is 2. The Hall–Kier alpha value is -3.44. The number of carbonyl (C=O) groups is 2. The van der Waals surface area contributed by atoms with Gasteiger partial charge in [0.1, 0.15) is 0 Å². The van der Waals surface area contributed by atoms with Crippen molar-refractivity contribution in [1.82, 2.24) is 10.3 Å². The number of methoxy groups -OCH3 is 3. The van der Waals surface area contributed by atoms with Crippen molar-refractivity contribution < 1.29 is 28.5 Å². The zero-order valence-corrected chi connectivity index (χ0v) is 20.3. The van der Waals surface area contributed by atoms with Gasteiger partial charge in [-0.25, -0.2) is 9.78 Å². The molecule has 1 aromatic heterocycles.